The minimum Gasteiger partial charge on any atom is -0.399 e. The van der Waals surface area contributed by atoms with Crippen molar-refractivity contribution in [2.75, 3.05) is 24.7 Å². The van der Waals surface area contributed by atoms with Crippen LogP contribution in [0.3, 0.4) is 0 Å². The predicted molar refractivity (Wildman–Crippen MR) is 102 cm³/mol. The van der Waals surface area contributed by atoms with Gasteiger partial charge in [-0.1, -0.05) is 12.1 Å². The summed E-state index contributed by atoms with van der Waals surface area (Å²) < 4.78 is 0. The van der Waals surface area contributed by atoms with E-state index in [4.69, 9.17) is 5.73 Å². The number of halogens is 1. The number of aryl methyl sites for hydroxylation is 1. The van der Waals surface area contributed by atoms with Crippen LogP contribution in [0.25, 0.3) is 0 Å². The molecule has 0 fully saturated rings. The molecular weight excluding hydrogens is 322 g/mol. The second-order valence-electron chi connectivity index (χ2n) is 6.32. The van der Waals surface area contributed by atoms with Crippen molar-refractivity contribution >= 4 is 29.7 Å². The van der Waals surface area contributed by atoms with E-state index in [0.717, 1.165) is 30.6 Å². The van der Waals surface area contributed by atoms with Crippen LogP contribution in [0.5, 0.6) is 0 Å². The number of carbonyl (C=O) groups excluding carboxylic acids is 1. The number of nitrogens with zero attached hydrogens (tertiary/aromatic N) is 1. The Morgan fingerprint density at radius 3 is 2.75 bits per heavy atom. The number of anilines is 2. The zero-order valence-corrected chi connectivity index (χ0v) is 14.9. The summed E-state index contributed by atoms with van der Waals surface area (Å²) in [5.74, 6) is -0.0247. The molecule has 24 heavy (non-hydrogen) atoms. The van der Waals surface area contributed by atoms with Crippen molar-refractivity contribution in [2.45, 2.75) is 25.3 Å². The van der Waals surface area contributed by atoms with Crippen LogP contribution in [0.1, 0.15) is 40.4 Å². The summed E-state index contributed by atoms with van der Waals surface area (Å²) in [6.45, 7) is 0. The van der Waals surface area contributed by atoms with Gasteiger partial charge in [0.25, 0.3) is 5.91 Å². The maximum atomic E-state index is 12.6. The van der Waals surface area contributed by atoms with E-state index in [1.807, 2.05) is 61.5 Å². The molecule has 1 aliphatic rings. The maximum Gasteiger partial charge on any atom is 0.251 e. The highest BCUT2D eigenvalue weighted by molar-refractivity contribution is 5.95. The Hall–Kier alpha value is -2.20. The second kappa shape index (κ2) is 7.58. The molecule has 4 nitrogen and oxygen atoms in total. The van der Waals surface area contributed by atoms with E-state index >= 15 is 0 Å². The van der Waals surface area contributed by atoms with E-state index in [1.165, 1.54) is 11.1 Å². The number of nitrogen functional groups attached to an aromatic ring is 1. The number of fused-ring (bicyclic) bond motifs is 1. The first-order chi connectivity index (χ1) is 11.0. The molecule has 5 heteroatoms. The van der Waals surface area contributed by atoms with Gasteiger partial charge in [-0.3, -0.25) is 4.79 Å². The Labute approximate surface area is 149 Å². The first-order valence-electron chi connectivity index (χ1n) is 8.01. The molecule has 0 saturated carbocycles. The average Bonchev–Trinajstić information content (AvgIpc) is 2.54. The van der Waals surface area contributed by atoms with Crippen LogP contribution in [0, 0.1) is 0 Å². The van der Waals surface area contributed by atoms with Gasteiger partial charge in [-0.05, 0) is 60.7 Å². The van der Waals surface area contributed by atoms with Crippen molar-refractivity contribution in [1.29, 1.82) is 0 Å². The number of amides is 1. The van der Waals surface area contributed by atoms with Crippen molar-refractivity contribution in [1.82, 2.24) is 5.32 Å². The van der Waals surface area contributed by atoms with Gasteiger partial charge in [0.1, 0.15) is 0 Å². The molecule has 0 aliphatic heterocycles. The van der Waals surface area contributed by atoms with Gasteiger partial charge in [0.2, 0.25) is 0 Å². The van der Waals surface area contributed by atoms with Crippen molar-refractivity contribution in [2.24, 2.45) is 0 Å². The SMILES string of the molecule is CN(C)c1cccc(C(=O)NC2CCCc3cc(N)ccc32)c1.Cl. The minimum atomic E-state index is -0.0247. The van der Waals surface area contributed by atoms with E-state index in [1.54, 1.807) is 0 Å². The second-order valence-corrected chi connectivity index (χ2v) is 6.32. The summed E-state index contributed by atoms with van der Waals surface area (Å²) in [5, 5.41) is 3.18. The molecule has 3 N–H and O–H groups in total. The summed E-state index contributed by atoms with van der Waals surface area (Å²) >= 11 is 0. The van der Waals surface area contributed by atoms with Crippen LogP contribution in [-0.2, 0) is 6.42 Å². The van der Waals surface area contributed by atoms with E-state index in [2.05, 4.69) is 5.32 Å². The monoisotopic (exact) mass is 345 g/mol. The highest BCUT2D eigenvalue weighted by atomic mass is 35.5. The molecule has 1 aliphatic carbocycles. The molecule has 0 bridgehead atoms. The third-order valence-corrected chi connectivity index (χ3v) is 4.41. The van der Waals surface area contributed by atoms with Crippen LogP contribution in [-0.4, -0.2) is 20.0 Å². The Bertz CT molecular complexity index is 730. The lowest BCUT2D eigenvalue weighted by Crippen LogP contribution is -2.31. The number of hydrogen-bond acceptors (Lipinski definition) is 3. The van der Waals surface area contributed by atoms with Gasteiger partial charge < -0.3 is 16.0 Å². The molecule has 0 aromatic heterocycles. The molecule has 0 radical (unpaired) electrons. The van der Waals surface area contributed by atoms with Crippen molar-refractivity contribution in [3.63, 3.8) is 0 Å². The van der Waals surface area contributed by atoms with Crippen molar-refractivity contribution in [3.05, 3.63) is 59.2 Å². The molecule has 1 unspecified atom stereocenters. The van der Waals surface area contributed by atoms with Gasteiger partial charge in [-0.25, -0.2) is 0 Å². The maximum absolute atomic E-state index is 12.6. The lowest BCUT2D eigenvalue weighted by molar-refractivity contribution is 0.0933. The van der Waals surface area contributed by atoms with E-state index < -0.39 is 0 Å². The van der Waals surface area contributed by atoms with Gasteiger partial charge >= 0.3 is 0 Å². The Balaban J connectivity index is 0.00000208. The quantitative estimate of drug-likeness (QED) is 0.836. The van der Waals surface area contributed by atoms with Gasteiger partial charge in [0, 0.05) is 31.0 Å². The summed E-state index contributed by atoms with van der Waals surface area (Å²) in [7, 11) is 3.94. The zero-order valence-electron chi connectivity index (χ0n) is 14.1. The Kier molecular flexibility index (Phi) is 5.73. The van der Waals surface area contributed by atoms with E-state index in [0.29, 0.717) is 5.56 Å². The number of rotatable bonds is 3. The molecule has 2 aromatic carbocycles. The molecule has 0 spiro atoms. The third kappa shape index (κ3) is 3.82. The standard InChI is InChI=1S/C19H23N3O.ClH/c1-22(2)16-7-3-6-14(12-16)19(23)21-18-8-4-5-13-11-15(20)9-10-17(13)18;/h3,6-7,9-12,18H,4-5,8,20H2,1-2H3,(H,21,23);1H. The topological polar surface area (TPSA) is 58.4 Å². The van der Waals surface area contributed by atoms with Gasteiger partial charge in [0.15, 0.2) is 0 Å². The van der Waals surface area contributed by atoms with E-state index in [-0.39, 0.29) is 24.4 Å². The largest absolute Gasteiger partial charge is 0.399 e. The third-order valence-electron chi connectivity index (χ3n) is 4.41. The highest BCUT2D eigenvalue weighted by Gasteiger charge is 2.22. The zero-order chi connectivity index (χ0) is 16.4. The highest BCUT2D eigenvalue weighted by Crippen LogP contribution is 2.31. The number of benzene rings is 2. The molecule has 0 saturated heterocycles. The van der Waals surface area contributed by atoms with Gasteiger partial charge in [-0.2, -0.15) is 0 Å². The van der Waals surface area contributed by atoms with E-state index in [9.17, 15) is 4.79 Å². The summed E-state index contributed by atoms with van der Waals surface area (Å²) in [5.41, 5.74) is 10.8. The van der Waals surface area contributed by atoms with Crippen molar-refractivity contribution in [3.8, 4) is 0 Å². The molecule has 3 rings (SSSR count). The van der Waals surface area contributed by atoms with Gasteiger partial charge in [0.05, 0.1) is 6.04 Å². The predicted octanol–water partition coefficient (Wildman–Crippen LogP) is 3.56. The lowest BCUT2D eigenvalue weighted by Gasteiger charge is -2.27. The fraction of sp³-hybridized carbons (Fsp3) is 0.316. The minimum absolute atomic E-state index is 0. The molecule has 128 valence electrons. The molecular formula is C19H24ClN3O. The molecule has 2 aromatic rings. The average molecular weight is 346 g/mol. The van der Waals surface area contributed by atoms with Crippen LogP contribution in [0.2, 0.25) is 0 Å². The normalized spacial score (nSPS) is 15.8. The first kappa shape index (κ1) is 18.1. The fourth-order valence-corrected chi connectivity index (χ4v) is 3.15. The van der Waals surface area contributed by atoms with Gasteiger partial charge in [-0.15, -0.1) is 12.4 Å². The first-order valence-corrected chi connectivity index (χ1v) is 8.01. The van der Waals surface area contributed by atoms with Crippen molar-refractivity contribution < 1.29 is 4.79 Å². The number of nitrogens with two attached hydrogens (primary N) is 1. The number of carbonyl (C=O) groups is 1. The number of nitrogens with one attached hydrogen (secondary N) is 1. The summed E-state index contributed by atoms with van der Waals surface area (Å²) in [6.07, 6.45) is 3.07. The summed E-state index contributed by atoms with van der Waals surface area (Å²) in [6, 6.07) is 13.7. The molecule has 0 heterocycles. The van der Waals surface area contributed by atoms with Crippen LogP contribution >= 0.6 is 12.4 Å². The summed E-state index contributed by atoms with van der Waals surface area (Å²) in [4.78, 5) is 14.6. The smallest absolute Gasteiger partial charge is 0.251 e. The van der Waals surface area contributed by atoms with Crippen LogP contribution in [0.15, 0.2) is 42.5 Å². The fourth-order valence-electron chi connectivity index (χ4n) is 3.15. The van der Waals surface area contributed by atoms with Crippen LogP contribution in [0.4, 0.5) is 11.4 Å². The Morgan fingerprint density at radius 1 is 1.21 bits per heavy atom. The Morgan fingerprint density at radius 2 is 2.00 bits per heavy atom. The molecule has 1 atom stereocenters. The lowest BCUT2D eigenvalue weighted by atomic mass is 9.87. The molecule has 1 amide bonds. The van der Waals surface area contributed by atoms with Crippen LogP contribution < -0.4 is 16.0 Å². The number of hydrogen-bond donors (Lipinski definition) is 2.